The van der Waals surface area contributed by atoms with Crippen LogP contribution in [0, 0.1) is 0 Å². The molecule has 5 nitrogen and oxygen atoms in total. The normalized spacial score (nSPS) is 14.7. The summed E-state index contributed by atoms with van der Waals surface area (Å²) in [5.41, 5.74) is 0.580. The molecule has 1 aliphatic heterocycles. The summed E-state index contributed by atoms with van der Waals surface area (Å²) in [4.78, 5) is 14.4. The lowest BCUT2D eigenvalue weighted by molar-refractivity contribution is 0.102. The number of benzene rings is 1. The molecular weight excluding hydrogens is 344 g/mol. The quantitative estimate of drug-likeness (QED) is 0.910. The minimum absolute atomic E-state index is 0.193. The van der Waals surface area contributed by atoms with Gasteiger partial charge in [-0.15, -0.1) is 10.2 Å². The molecule has 0 atom stereocenters. The van der Waals surface area contributed by atoms with Crippen molar-refractivity contribution < 1.29 is 4.79 Å². The molecule has 1 saturated heterocycles. The van der Waals surface area contributed by atoms with Crippen molar-refractivity contribution in [2.45, 2.75) is 19.3 Å². The first-order chi connectivity index (χ1) is 10.7. The Balaban J connectivity index is 1.66. The van der Waals surface area contributed by atoms with Gasteiger partial charge in [-0.1, -0.05) is 22.0 Å². The Morgan fingerprint density at radius 1 is 1.09 bits per heavy atom. The standard InChI is InChI=1S/C16H17BrN4O/c17-13-6-4-5-12(11-13)16(22)18-14-7-8-15(20-19-14)21-9-2-1-3-10-21/h4-8,11H,1-3,9-10H2,(H,18,19,22). The Bertz CT molecular complexity index is 653. The van der Waals surface area contributed by atoms with Gasteiger partial charge >= 0.3 is 0 Å². The molecule has 6 heteroatoms. The summed E-state index contributed by atoms with van der Waals surface area (Å²) in [6.45, 7) is 2.05. The van der Waals surface area contributed by atoms with E-state index in [1.165, 1.54) is 19.3 Å². The second-order valence-corrected chi connectivity index (χ2v) is 6.20. The van der Waals surface area contributed by atoms with Gasteiger partial charge in [0, 0.05) is 23.1 Å². The fourth-order valence-corrected chi connectivity index (χ4v) is 2.90. The minimum Gasteiger partial charge on any atom is -0.355 e. The molecule has 1 N–H and O–H groups in total. The molecule has 3 rings (SSSR count). The van der Waals surface area contributed by atoms with Crippen LogP contribution in [0.3, 0.4) is 0 Å². The van der Waals surface area contributed by atoms with Crippen LogP contribution in [0.15, 0.2) is 40.9 Å². The number of amides is 1. The molecule has 1 aliphatic rings. The Morgan fingerprint density at radius 2 is 1.91 bits per heavy atom. The Morgan fingerprint density at radius 3 is 2.59 bits per heavy atom. The van der Waals surface area contributed by atoms with E-state index in [0.29, 0.717) is 11.4 Å². The first-order valence-corrected chi connectivity index (χ1v) is 8.17. The highest BCUT2D eigenvalue weighted by atomic mass is 79.9. The monoisotopic (exact) mass is 360 g/mol. The summed E-state index contributed by atoms with van der Waals surface area (Å²) in [7, 11) is 0. The van der Waals surface area contributed by atoms with Gasteiger partial charge < -0.3 is 10.2 Å². The second-order valence-electron chi connectivity index (χ2n) is 5.29. The highest BCUT2D eigenvalue weighted by Crippen LogP contribution is 2.18. The lowest BCUT2D eigenvalue weighted by Gasteiger charge is -2.27. The van der Waals surface area contributed by atoms with Crippen LogP contribution < -0.4 is 10.2 Å². The van der Waals surface area contributed by atoms with Gasteiger partial charge in [0.05, 0.1) is 0 Å². The Labute approximate surface area is 137 Å². The van der Waals surface area contributed by atoms with Gasteiger partial charge in [-0.25, -0.2) is 0 Å². The summed E-state index contributed by atoms with van der Waals surface area (Å²) >= 11 is 3.36. The topological polar surface area (TPSA) is 58.1 Å². The third-order valence-electron chi connectivity index (χ3n) is 3.66. The number of rotatable bonds is 3. The lowest BCUT2D eigenvalue weighted by atomic mass is 10.1. The van der Waals surface area contributed by atoms with Crippen LogP contribution in [-0.2, 0) is 0 Å². The predicted octanol–water partition coefficient (Wildman–Crippen LogP) is 3.48. The molecule has 1 aromatic carbocycles. The van der Waals surface area contributed by atoms with Crippen molar-refractivity contribution in [3.05, 3.63) is 46.4 Å². The molecule has 0 radical (unpaired) electrons. The summed E-state index contributed by atoms with van der Waals surface area (Å²) in [5.74, 6) is 1.15. The number of aromatic nitrogens is 2. The maximum absolute atomic E-state index is 12.1. The molecule has 114 valence electrons. The molecule has 0 spiro atoms. The van der Waals surface area contributed by atoms with Gasteiger partial charge in [0.25, 0.3) is 5.91 Å². The molecule has 0 aliphatic carbocycles. The lowest BCUT2D eigenvalue weighted by Crippen LogP contribution is -2.30. The van der Waals surface area contributed by atoms with E-state index >= 15 is 0 Å². The van der Waals surface area contributed by atoms with E-state index in [0.717, 1.165) is 23.4 Å². The first-order valence-electron chi connectivity index (χ1n) is 7.38. The predicted molar refractivity (Wildman–Crippen MR) is 90.2 cm³/mol. The highest BCUT2D eigenvalue weighted by molar-refractivity contribution is 9.10. The van der Waals surface area contributed by atoms with Crippen molar-refractivity contribution in [3.8, 4) is 0 Å². The number of carbonyl (C=O) groups excluding carboxylic acids is 1. The molecule has 0 saturated carbocycles. The first kappa shape index (κ1) is 15.0. The zero-order valence-electron chi connectivity index (χ0n) is 12.1. The molecular formula is C16H17BrN4O. The molecule has 1 aromatic heterocycles. The zero-order chi connectivity index (χ0) is 15.4. The largest absolute Gasteiger partial charge is 0.355 e. The molecule has 2 aromatic rings. The van der Waals surface area contributed by atoms with Gasteiger partial charge in [-0.05, 0) is 49.6 Å². The maximum Gasteiger partial charge on any atom is 0.256 e. The SMILES string of the molecule is O=C(Nc1ccc(N2CCCCC2)nn1)c1cccc(Br)c1. The van der Waals surface area contributed by atoms with Crippen LogP contribution in [0.2, 0.25) is 0 Å². The van der Waals surface area contributed by atoms with Crippen molar-refractivity contribution in [3.63, 3.8) is 0 Å². The number of anilines is 2. The number of nitrogens with one attached hydrogen (secondary N) is 1. The van der Waals surface area contributed by atoms with E-state index in [1.54, 1.807) is 18.2 Å². The van der Waals surface area contributed by atoms with Crippen LogP contribution in [0.1, 0.15) is 29.6 Å². The molecule has 1 fully saturated rings. The molecule has 2 heterocycles. The van der Waals surface area contributed by atoms with Gasteiger partial charge in [-0.3, -0.25) is 4.79 Å². The molecule has 22 heavy (non-hydrogen) atoms. The third-order valence-corrected chi connectivity index (χ3v) is 4.15. The van der Waals surface area contributed by atoms with E-state index in [1.807, 2.05) is 18.2 Å². The van der Waals surface area contributed by atoms with Crippen molar-refractivity contribution >= 4 is 33.5 Å². The number of nitrogens with zero attached hydrogens (tertiary/aromatic N) is 3. The highest BCUT2D eigenvalue weighted by Gasteiger charge is 2.13. The average molecular weight is 361 g/mol. The van der Waals surface area contributed by atoms with Gasteiger partial charge in [0.15, 0.2) is 11.6 Å². The number of carbonyl (C=O) groups is 1. The summed E-state index contributed by atoms with van der Waals surface area (Å²) in [6.07, 6.45) is 3.68. The molecule has 1 amide bonds. The van der Waals surface area contributed by atoms with Crippen LogP contribution in [0.5, 0.6) is 0 Å². The zero-order valence-corrected chi connectivity index (χ0v) is 13.7. The summed E-state index contributed by atoms with van der Waals surface area (Å²) < 4.78 is 0.867. The van der Waals surface area contributed by atoms with E-state index in [9.17, 15) is 4.79 Å². The van der Waals surface area contributed by atoms with Gasteiger partial charge in [0.1, 0.15) is 0 Å². The summed E-state index contributed by atoms with van der Waals surface area (Å²) in [5, 5.41) is 11.1. The maximum atomic E-state index is 12.1. The summed E-state index contributed by atoms with van der Waals surface area (Å²) in [6, 6.07) is 10.9. The number of hydrogen-bond donors (Lipinski definition) is 1. The fourth-order valence-electron chi connectivity index (χ4n) is 2.50. The fraction of sp³-hybridized carbons (Fsp3) is 0.312. The second kappa shape index (κ2) is 6.87. The number of piperidine rings is 1. The van der Waals surface area contributed by atoms with Gasteiger partial charge in [-0.2, -0.15) is 0 Å². The van der Waals surface area contributed by atoms with Crippen molar-refractivity contribution in [2.24, 2.45) is 0 Å². The van der Waals surface area contributed by atoms with Crippen LogP contribution in [-0.4, -0.2) is 29.2 Å². The number of hydrogen-bond acceptors (Lipinski definition) is 4. The average Bonchev–Trinajstić information content (AvgIpc) is 2.56. The Hall–Kier alpha value is -1.95. The van der Waals surface area contributed by atoms with Crippen LogP contribution in [0.4, 0.5) is 11.6 Å². The minimum atomic E-state index is -0.193. The van der Waals surface area contributed by atoms with Crippen LogP contribution >= 0.6 is 15.9 Å². The van der Waals surface area contributed by atoms with Crippen molar-refractivity contribution in [2.75, 3.05) is 23.3 Å². The smallest absolute Gasteiger partial charge is 0.256 e. The molecule has 0 unspecified atom stereocenters. The van der Waals surface area contributed by atoms with Crippen LogP contribution in [0.25, 0.3) is 0 Å². The van der Waals surface area contributed by atoms with E-state index in [-0.39, 0.29) is 5.91 Å². The van der Waals surface area contributed by atoms with Gasteiger partial charge in [0.2, 0.25) is 0 Å². The molecule has 0 bridgehead atoms. The van der Waals surface area contributed by atoms with E-state index < -0.39 is 0 Å². The van der Waals surface area contributed by atoms with Crippen molar-refractivity contribution in [1.82, 2.24) is 10.2 Å². The van der Waals surface area contributed by atoms with Crippen molar-refractivity contribution in [1.29, 1.82) is 0 Å². The van der Waals surface area contributed by atoms with E-state index in [4.69, 9.17) is 0 Å². The number of halogens is 1. The Kier molecular flexibility index (Phi) is 4.68. The van der Waals surface area contributed by atoms with E-state index in [2.05, 4.69) is 36.3 Å². The third kappa shape index (κ3) is 3.62.